The second-order valence-electron chi connectivity index (χ2n) is 2.61. The molecule has 0 unspecified atom stereocenters. The van der Waals surface area contributed by atoms with Gasteiger partial charge in [-0.25, -0.2) is 0 Å². The van der Waals surface area contributed by atoms with Crippen LogP contribution in [0.4, 0.5) is 0 Å². The topological polar surface area (TPSA) is 37.4 Å². The molecule has 1 heterocycles. The summed E-state index contributed by atoms with van der Waals surface area (Å²) in [5.74, 6) is 0.167. The van der Waals surface area contributed by atoms with E-state index in [4.69, 9.17) is 0 Å². The van der Waals surface area contributed by atoms with Crippen LogP contribution in [0.15, 0.2) is 0 Å². The van der Waals surface area contributed by atoms with Gasteiger partial charge in [0.15, 0.2) is 0 Å². The molecular formula is C6H10BNO2. The van der Waals surface area contributed by atoms with Gasteiger partial charge in [0, 0.05) is 5.92 Å². The van der Waals surface area contributed by atoms with E-state index in [1.807, 2.05) is 4.81 Å². The molecule has 10 heavy (non-hydrogen) atoms. The zero-order valence-electron chi connectivity index (χ0n) is 5.82. The van der Waals surface area contributed by atoms with Crippen LogP contribution in [0.25, 0.3) is 0 Å². The molecule has 1 rings (SSSR count). The Morgan fingerprint density at radius 1 is 1.50 bits per heavy atom. The molecule has 0 aromatic rings. The van der Waals surface area contributed by atoms with E-state index >= 15 is 0 Å². The lowest BCUT2D eigenvalue weighted by Crippen LogP contribution is -2.26. The lowest BCUT2D eigenvalue weighted by Gasteiger charge is -2.07. The van der Waals surface area contributed by atoms with E-state index < -0.39 is 0 Å². The molecule has 0 saturated carbocycles. The Morgan fingerprint density at radius 2 is 2.30 bits per heavy atom. The Kier molecular flexibility index (Phi) is 2.62. The molecule has 1 atom stereocenters. The van der Waals surface area contributed by atoms with Crippen molar-refractivity contribution in [3.63, 3.8) is 0 Å². The SMILES string of the molecule is O=CBN1CC[C@H](C=O)C1. The van der Waals surface area contributed by atoms with E-state index in [9.17, 15) is 9.59 Å². The number of hydrogen-bond acceptors (Lipinski definition) is 3. The second-order valence-corrected chi connectivity index (χ2v) is 2.61. The molecule has 0 radical (unpaired) electrons. The van der Waals surface area contributed by atoms with Crippen molar-refractivity contribution in [1.29, 1.82) is 0 Å². The molecule has 0 amide bonds. The van der Waals surface area contributed by atoms with E-state index in [1.165, 1.54) is 0 Å². The molecule has 0 aliphatic carbocycles. The zero-order chi connectivity index (χ0) is 7.40. The van der Waals surface area contributed by atoms with Gasteiger partial charge in [0.25, 0.3) is 7.41 Å². The van der Waals surface area contributed by atoms with Crippen molar-refractivity contribution in [1.82, 2.24) is 4.81 Å². The molecule has 0 spiro atoms. The van der Waals surface area contributed by atoms with Crippen molar-refractivity contribution < 1.29 is 9.59 Å². The third kappa shape index (κ3) is 1.67. The average Bonchev–Trinajstić information content (AvgIpc) is 2.37. The Labute approximate surface area is 60.7 Å². The van der Waals surface area contributed by atoms with Gasteiger partial charge >= 0.3 is 0 Å². The summed E-state index contributed by atoms with van der Waals surface area (Å²) in [6.45, 7) is 1.66. The van der Waals surface area contributed by atoms with Gasteiger partial charge in [-0.05, 0) is 19.5 Å². The van der Waals surface area contributed by atoms with Crippen molar-refractivity contribution in [2.75, 3.05) is 13.1 Å². The van der Waals surface area contributed by atoms with Crippen LogP contribution in [0.3, 0.4) is 0 Å². The summed E-state index contributed by atoms with van der Waals surface area (Å²) < 4.78 is 0. The Hall–Kier alpha value is -0.635. The number of hydrogen-bond donors (Lipinski definition) is 0. The molecule has 0 aromatic carbocycles. The third-order valence-corrected chi connectivity index (χ3v) is 1.83. The molecule has 1 saturated heterocycles. The number of aldehydes is 1. The third-order valence-electron chi connectivity index (χ3n) is 1.83. The van der Waals surface area contributed by atoms with Crippen LogP contribution in [0.1, 0.15) is 6.42 Å². The van der Waals surface area contributed by atoms with E-state index in [-0.39, 0.29) is 5.92 Å². The van der Waals surface area contributed by atoms with Gasteiger partial charge in [-0.15, -0.1) is 0 Å². The highest BCUT2D eigenvalue weighted by Crippen LogP contribution is 2.11. The van der Waals surface area contributed by atoms with Crippen LogP contribution in [-0.4, -0.2) is 37.8 Å². The first-order valence-electron chi connectivity index (χ1n) is 3.48. The first-order chi connectivity index (χ1) is 4.86. The first kappa shape index (κ1) is 7.47. The minimum Gasteiger partial charge on any atom is -0.338 e. The molecule has 1 aliphatic heterocycles. The monoisotopic (exact) mass is 139 g/mol. The fraction of sp³-hybridized carbons (Fsp3) is 0.667. The van der Waals surface area contributed by atoms with Gasteiger partial charge in [0.05, 0.1) is 6.19 Å². The van der Waals surface area contributed by atoms with Gasteiger partial charge < -0.3 is 14.4 Å². The summed E-state index contributed by atoms with van der Waals surface area (Å²) in [7, 11) is 0.477. The number of rotatable bonds is 3. The lowest BCUT2D eigenvalue weighted by molar-refractivity contribution is -0.110. The average molecular weight is 139 g/mol. The summed E-state index contributed by atoms with van der Waals surface area (Å²) in [4.78, 5) is 22.3. The zero-order valence-corrected chi connectivity index (χ0v) is 5.82. The number of nitrogens with zero attached hydrogens (tertiary/aromatic N) is 1. The number of carbonyl (C=O) groups is 2. The van der Waals surface area contributed by atoms with Gasteiger partial charge in [0.2, 0.25) is 0 Å². The molecule has 3 nitrogen and oxygen atoms in total. The normalized spacial score (nSPS) is 26.2. The fourth-order valence-electron chi connectivity index (χ4n) is 1.24. The molecule has 1 aliphatic rings. The van der Waals surface area contributed by atoms with Crippen LogP contribution in [-0.2, 0) is 9.59 Å². The van der Waals surface area contributed by atoms with Gasteiger partial charge in [-0.1, -0.05) is 0 Å². The number of carbonyl (C=O) groups excluding carboxylic acids is 2. The fourth-order valence-corrected chi connectivity index (χ4v) is 1.24. The van der Waals surface area contributed by atoms with E-state index in [1.54, 1.807) is 0 Å². The molecule has 0 aromatic heterocycles. The Bertz CT molecular complexity index is 140. The molecule has 0 bridgehead atoms. The quantitative estimate of drug-likeness (QED) is 0.373. The molecular weight excluding hydrogens is 129 g/mol. The minimum atomic E-state index is 0.167. The van der Waals surface area contributed by atoms with Crippen molar-refractivity contribution >= 4 is 19.9 Å². The van der Waals surface area contributed by atoms with E-state index in [0.29, 0.717) is 7.41 Å². The predicted octanol–water partition coefficient (Wildman–Crippen LogP) is -0.951. The summed E-state index contributed by atoms with van der Waals surface area (Å²) in [6.07, 6.45) is 2.77. The highest BCUT2D eigenvalue weighted by molar-refractivity contribution is 6.64. The first-order valence-corrected chi connectivity index (χ1v) is 3.48. The van der Waals surface area contributed by atoms with Gasteiger partial charge in [-0.2, -0.15) is 0 Å². The molecule has 4 heteroatoms. The van der Waals surface area contributed by atoms with Crippen molar-refractivity contribution in [2.24, 2.45) is 5.92 Å². The largest absolute Gasteiger partial charge is 0.338 e. The van der Waals surface area contributed by atoms with Gasteiger partial charge in [0.1, 0.15) is 6.29 Å². The van der Waals surface area contributed by atoms with Crippen LogP contribution in [0, 0.1) is 5.92 Å². The second kappa shape index (κ2) is 3.51. The highest BCUT2D eigenvalue weighted by Gasteiger charge is 2.21. The van der Waals surface area contributed by atoms with Crippen molar-refractivity contribution in [2.45, 2.75) is 6.42 Å². The Balaban J connectivity index is 2.27. The van der Waals surface area contributed by atoms with Crippen molar-refractivity contribution in [3.05, 3.63) is 0 Å². The van der Waals surface area contributed by atoms with E-state index in [2.05, 4.69) is 0 Å². The summed E-state index contributed by atoms with van der Waals surface area (Å²) in [6, 6.07) is 0. The van der Waals surface area contributed by atoms with Crippen LogP contribution in [0.2, 0.25) is 0 Å². The van der Waals surface area contributed by atoms with E-state index in [0.717, 1.165) is 32.0 Å². The predicted molar refractivity (Wildman–Crippen MR) is 39.6 cm³/mol. The van der Waals surface area contributed by atoms with Crippen LogP contribution >= 0.6 is 0 Å². The van der Waals surface area contributed by atoms with Crippen molar-refractivity contribution in [3.8, 4) is 0 Å². The smallest absolute Gasteiger partial charge is 0.281 e. The molecule has 1 fully saturated rings. The molecule has 54 valence electrons. The van der Waals surface area contributed by atoms with Crippen LogP contribution in [0.5, 0.6) is 0 Å². The maximum atomic E-state index is 10.2. The van der Waals surface area contributed by atoms with Gasteiger partial charge in [-0.3, -0.25) is 0 Å². The summed E-state index contributed by atoms with van der Waals surface area (Å²) in [5.41, 5.74) is 0. The summed E-state index contributed by atoms with van der Waals surface area (Å²) >= 11 is 0. The lowest BCUT2D eigenvalue weighted by atomic mass is 9.96. The minimum absolute atomic E-state index is 0.167. The maximum Gasteiger partial charge on any atom is 0.281 e. The standard InChI is InChI=1S/C6H10BNO2/c9-4-6-1-2-8(3-6)7-5-10/h4-7H,1-3H2/t6-/m0/s1. The molecule has 0 N–H and O–H groups in total. The highest BCUT2D eigenvalue weighted by atomic mass is 16.1. The summed E-state index contributed by atoms with van der Waals surface area (Å²) in [5, 5.41) is 0. The van der Waals surface area contributed by atoms with Crippen LogP contribution < -0.4 is 0 Å². The maximum absolute atomic E-state index is 10.2. The Morgan fingerprint density at radius 3 is 2.80 bits per heavy atom.